The van der Waals surface area contributed by atoms with Gasteiger partial charge in [-0.1, -0.05) is 43.2 Å². The molecule has 3 rings (SSSR count). The first-order valence-electron chi connectivity index (χ1n) is 9.33. The van der Waals surface area contributed by atoms with Gasteiger partial charge in [0, 0.05) is 19.0 Å². The Kier molecular flexibility index (Phi) is 5.59. The lowest BCUT2D eigenvalue weighted by Gasteiger charge is -2.31. The highest BCUT2D eigenvalue weighted by Gasteiger charge is 2.44. The van der Waals surface area contributed by atoms with Gasteiger partial charge in [0.05, 0.1) is 5.41 Å². The van der Waals surface area contributed by atoms with E-state index in [-0.39, 0.29) is 30.3 Å². The lowest BCUT2D eigenvalue weighted by Crippen LogP contribution is -2.44. The lowest BCUT2D eigenvalue weighted by molar-refractivity contribution is -0.157. The second-order valence-electron chi connectivity index (χ2n) is 7.29. The molecule has 6 heteroatoms. The van der Waals surface area contributed by atoms with Crippen LogP contribution in [0.15, 0.2) is 30.3 Å². The number of benzene rings is 1. The summed E-state index contributed by atoms with van der Waals surface area (Å²) in [7, 11) is 0. The number of carbonyl (C=O) groups excluding carboxylic acids is 3. The zero-order valence-corrected chi connectivity index (χ0v) is 15.0. The van der Waals surface area contributed by atoms with Crippen LogP contribution in [0.4, 0.5) is 0 Å². The second-order valence-corrected chi connectivity index (χ2v) is 7.29. The molecule has 0 radical (unpaired) electrons. The maximum absolute atomic E-state index is 12.8. The summed E-state index contributed by atoms with van der Waals surface area (Å²) < 4.78 is 5.45. The Morgan fingerprint density at radius 1 is 1.08 bits per heavy atom. The molecule has 26 heavy (non-hydrogen) atoms. The summed E-state index contributed by atoms with van der Waals surface area (Å²) in [5.41, 5.74) is 5.66. The van der Waals surface area contributed by atoms with Crippen LogP contribution in [0.5, 0.6) is 0 Å². The van der Waals surface area contributed by atoms with E-state index in [9.17, 15) is 14.4 Å². The highest BCUT2D eigenvalue weighted by molar-refractivity contribution is 5.87. The van der Waals surface area contributed by atoms with Crippen molar-refractivity contribution in [3.05, 3.63) is 35.9 Å². The van der Waals surface area contributed by atoms with E-state index in [0.717, 1.165) is 31.2 Å². The van der Waals surface area contributed by atoms with Gasteiger partial charge in [0.15, 0.2) is 6.61 Å². The van der Waals surface area contributed by atoms with Crippen molar-refractivity contribution in [2.75, 3.05) is 19.7 Å². The Morgan fingerprint density at radius 3 is 2.27 bits per heavy atom. The van der Waals surface area contributed by atoms with E-state index in [2.05, 4.69) is 0 Å². The predicted molar refractivity (Wildman–Crippen MR) is 96.0 cm³/mol. The monoisotopic (exact) mass is 358 g/mol. The zero-order valence-electron chi connectivity index (χ0n) is 15.0. The highest BCUT2D eigenvalue weighted by Crippen LogP contribution is 2.42. The molecule has 2 amide bonds. The summed E-state index contributed by atoms with van der Waals surface area (Å²) in [6.07, 6.45) is 4.63. The van der Waals surface area contributed by atoms with Gasteiger partial charge in [-0.15, -0.1) is 0 Å². The number of primary amides is 1. The fraction of sp³-hybridized carbons (Fsp3) is 0.550. The molecule has 2 aliphatic rings. The first-order valence-corrected chi connectivity index (χ1v) is 9.33. The fourth-order valence-electron chi connectivity index (χ4n) is 4.12. The van der Waals surface area contributed by atoms with E-state index in [4.69, 9.17) is 10.5 Å². The predicted octanol–water partition coefficient (Wildman–Crippen LogP) is 1.77. The number of esters is 1. The Labute approximate surface area is 153 Å². The van der Waals surface area contributed by atoms with Gasteiger partial charge in [0.1, 0.15) is 0 Å². The highest BCUT2D eigenvalue weighted by atomic mass is 16.5. The van der Waals surface area contributed by atoms with Crippen LogP contribution in [0.25, 0.3) is 0 Å². The van der Waals surface area contributed by atoms with Crippen LogP contribution in [-0.2, 0) is 24.5 Å². The van der Waals surface area contributed by atoms with Crippen LogP contribution in [-0.4, -0.2) is 42.4 Å². The number of piperidine rings is 1. The average molecular weight is 358 g/mol. The van der Waals surface area contributed by atoms with E-state index < -0.39 is 5.41 Å². The quantitative estimate of drug-likeness (QED) is 0.812. The van der Waals surface area contributed by atoms with Crippen LogP contribution >= 0.6 is 0 Å². The van der Waals surface area contributed by atoms with Gasteiger partial charge in [-0.05, 0) is 31.2 Å². The molecule has 6 nitrogen and oxygen atoms in total. The minimum atomic E-state index is -0.625. The second kappa shape index (κ2) is 7.89. The molecule has 2 N–H and O–H groups in total. The topological polar surface area (TPSA) is 89.7 Å². The molecule has 2 fully saturated rings. The molecule has 1 heterocycles. The maximum Gasteiger partial charge on any atom is 0.317 e. The van der Waals surface area contributed by atoms with Gasteiger partial charge in [-0.3, -0.25) is 14.4 Å². The van der Waals surface area contributed by atoms with E-state index in [1.54, 1.807) is 4.90 Å². The fourth-order valence-corrected chi connectivity index (χ4v) is 4.12. The number of carbonyl (C=O) groups is 3. The number of rotatable bonds is 5. The Bertz CT molecular complexity index is 660. The maximum atomic E-state index is 12.8. The van der Waals surface area contributed by atoms with Gasteiger partial charge in [-0.2, -0.15) is 0 Å². The molecule has 0 unspecified atom stereocenters. The average Bonchev–Trinajstić information content (AvgIpc) is 3.18. The third kappa shape index (κ3) is 3.74. The van der Waals surface area contributed by atoms with Crippen molar-refractivity contribution in [2.24, 2.45) is 11.7 Å². The summed E-state index contributed by atoms with van der Waals surface area (Å²) in [5.74, 6) is -0.986. The van der Waals surface area contributed by atoms with Crippen molar-refractivity contribution in [3.8, 4) is 0 Å². The van der Waals surface area contributed by atoms with Crippen molar-refractivity contribution >= 4 is 17.8 Å². The lowest BCUT2D eigenvalue weighted by atomic mass is 9.79. The first kappa shape index (κ1) is 18.4. The minimum absolute atomic E-state index is 0.165. The van der Waals surface area contributed by atoms with Crippen molar-refractivity contribution in [2.45, 2.75) is 43.9 Å². The van der Waals surface area contributed by atoms with E-state index in [1.807, 2.05) is 30.3 Å². The van der Waals surface area contributed by atoms with Gasteiger partial charge in [0.25, 0.3) is 5.91 Å². The first-order chi connectivity index (χ1) is 12.5. The van der Waals surface area contributed by atoms with E-state index in [1.165, 1.54) is 0 Å². The summed E-state index contributed by atoms with van der Waals surface area (Å²) in [5, 5.41) is 0. The number of hydrogen-bond donors (Lipinski definition) is 1. The number of amides is 2. The zero-order chi connectivity index (χ0) is 18.6. The molecule has 1 saturated carbocycles. The number of ether oxygens (including phenoxy) is 1. The third-order valence-corrected chi connectivity index (χ3v) is 5.75. The Balaban J connectivity index is 1.58. The normalized spacial score (nSPS) is 19.9. The number of nitrogens with two attached hydrogens (primary N) is 1. The van der Waals surface area contributed by atoms with Crippen LogP contribution in [0.1, 0.15) is 44.1 Å². The molecule has 1 aromatic carbocycles. The van der Waals surface area contributed by atoms with E-state index >= 15 is 0 Å². The van der Waals surface area contributed by atoms with Crippen molar-refractivity contribution in [1.29, 1.82) is 0 Å². The minimum Gasteiger partial charge on any atom is -0.455 e. The van der Waals surface area contributed by atoms with Gasteiger partial charge in [0.2, 0.25) is 5.91 Å². The molecular weight excluding hydrogens is 332 g/mol. The molecule has 0 bridgehead atoms. The van der Waals surface area contributed by atoms with Gasteiger partial charge >= 0.3 is 5.97 Å². The molecular formula is C20H26N2O4. The third-order valence-electron chi connectivity index (χ3n) is 5.75. The molecule has 0 spiro atoms. The molecule has 1 saturated heterocycles. The van der Waals surface area contributed by atoms with Gasteiger partial charge in [-0.25, -0.2) is 0 Å². The summed E-state index contributed by atoms with van der Waals surface area (Å²) in [4.78, 5) is 38.1. The van der Waals surface area contributed by atoms with Crippen LogP contribution < -0.4 is 5.73 Å². The largest absolute Gasteiger partial charge is 0.455 e. The van der Waals surface area contributed by atoms with Gasteiger partial charge < -0.3 is 15.4 Å². The smallest absolute Gasteiger partial charge is 0.317 e. The number of hydrogen-bond acceptors (Lipinski definition) is 4. The van der Waals surface area contributed by atoms with Crippen LogP contribution in [0.3, 0.4) is 0 Å². The number of nitrogens with zero attached hydrogens (tertiary/aromatic N) is 1. The van der Waals surface area contributed by atoms with E-state index in [0.29, 0.717) is 25.9 Å². The standard InChI is InChI=1S/C20H26N2O4/c21-18(24)15-8-12-22(13-9-15)17(23)14-26-19(25)20(10-4-5-11-20)16-6-2-1-3-7-16/h1-3,6-7,15H,4-5,8-14H2,(H2,21,24). The van der Waals surface area contributed by atoms with Crippen molar-refractivity contribution in [1.82, 2.24) is 4.90 Å². The molecule has 1 aliphatic carbocycles. The van der Waals surface area contributed by atoms with Crippen LogP contribution in [0, 0.1) is 5.92 Å². The molecule has 1 aromatic rings. The summed E-state index contributed by atoms with van der Waals surface area (Å²) in [6.45, 7) is 0.719. The summed E-state index contributed by atoms with van der Waals surface area (Å²) >= 11 is 0. The molecule has 1 aliphatic heterocycles. The molecule has 0 aromatic heterocycles. The summed E-state index contributed by atoms with van der Waals surface area (Å²) in [6, 6.07) is 9.70. The SMILES string of the molecule is NC(=O)C1CCN(C(=O)COC(=O)C2(c3ccccc3)CCCC2)CC1. The van der Waals surface area contributed by atoms with Crippen LogP contribution in [0.2, 0.25) is 0 Å². The Morgan fingerprint density at radius 2 is 1.69 bits per heavy atom. The molecule has 140 valence electrons. The van der Waals surface area contributed by atoms with Crippen molar-refractivity contribution in [3.63, 3.8) is 0 Å². The number of likely N-dealkylation sites (tertiary alicyclic amines) is 1. The molecule has 0 atom stereocenters. The Hall–Kier alpha value is -2.37. The van der Waals surface area contributed by atoms with Crippen molar-refractivity contribution < 1.29 is 19.1 Å².